The molecule has 4 aliphatic rings. The van der Waals surface area contributed by atoms with Crippen LogP contribution < -0.4 is 0 Å². The van der Waals surface area contributed by atoms with Crippen LogP contribution in [0.4, 0.5) is 0 Å². The molecule has 0 heterocycles. The second-order valence-corrected chi connectivity index (χ2v) is 17.3. The molecule has 1 atom stereocenters. The van der Waals surface area contributed by atoms with E-state index in [0.29, 0.717) is 11.8 Å². The average Bonchev–Trinajstić information content (AvgIpc) is 3.84. The van der Waals surface area contributed by atoms with Crippen molar-refractivity contribution in [1.82, 2.24) is 0 Å². The standard InChI is InChI=1S/C25H25.C12H19.2C7H7.CH2.2ClH.Zr/c1-14-12-24(3,4)22-8-16-7-17-9-23-19(15(2)13-25(23,5)6)11-21(17)20(16)10-18(14)22;1-9(2)10-6-7-11(8-10)12(3,4)5;2*1-7-5-3-2-4-6-7;;;;/h8-12H,7H2,1-6H3;7-10H,1-5H3;2*3-6H,1H3;1H2;2*1H;/q4*-1;;;;. The van der Waals surface area contributed by atoms with Crippen LogP contribution >= 0.6 is 24.8 Å². The summed E-state index contributed by atoms with van der Waals surface area (Å²) in [5.41, 5.74) is 18.8. The van der Waals surface area contributed by atoms with Crippen LogP contribution in [-0.2, 0) is 41.5 Å². The number of halogens is 2. The predicted octanol–water partition coefficient (Wildman–Crippen LogP) is 14.5. The topological polar surface area (TPSA) is 0 Å². The van der Waals surface area contributed by atoms with E-state index < -0.39 is 0 Å². The van der Waals surface area contributed by atoms with Gasteiger partial charge in [0, 0.05) is 5.41 Å². The van der Waals surface area contributed by atoms with Gasteiger partial charge in [0.25, 0.3) is 0 Å². The Kier molecular flexibility index (Phi) is 17.6. The molecular weight excluding hydrogens is 787 g/mol. The van der Waals surface area contributed by atoms with E-state index in [1.165, 1.54) is 96.6 Å². The van der Waals surface area contributed by atoms with E-state index in [0.717, 1.165) is 6.42 Å². The van der Waals surface area contributed by atoms with Crippen molar-refractivity contribution in [2.45, 2.75) is 107 Å². The fraction of sp³-hybridized carbons (Fsp3) is 0.365. The first-order valence-corrected chi connectivity index (χ1v) is 20.8. The second-order valence-electron chi connectivity index (χ2n) is 17.3. The minimum atomic E-state index is 0. The van der Waals surface area contributed by atoms with Crippen molar-refractivity contribution in [2.75, 3.05) is 0 Å². The van der Waals surface area contributed by atoms with Gasteiger partial charge in [-0.15, -0.1) is 36.4 Å². The molecular formula is C52H62Cl2Zr-4. The fourth-order valence-electron chi connectivity index (χ4n) is 7.54. The zero-order valence-electron chi connectivity index (χ0n) is 35.5. The van der Waals surface area contributed by atoms with Crippen molar-refractivity contribution in [3.05, 3.63) is 165 Å². The number of hydrogen-bond donors (Lipinski definition) is 0. The molecule has 55 heavy (non-hydrogen) atoms. The summed E-state index contributed by atoms with van der Waals surface area (Å²) >= 11 is 1.30. The zero-order valence-corrected chi connectivity index (χ0v) is 39.6. The molecule has 0 radical (unpaired) electrons. The van der Waals surface area contributed by atoms with E-state index in [2.05, 4.69) is 161 Å². The number of rotatable bonds is 1. The summed E-state index contributed by atoms with van der Waals surface area (Å²) in [6.45, 7) is 29.0. The molecule has 0 bridgehead atoms. The van der Waals surface area contributed by atoms with E-state index >= 15 is 0 Å². The Hall–Kier alpha value is -2.83. The van der Waals surface area contributed by atoms with Crippen LogP contribution in [0, 0.1) is 55.4 Å². The first-order chi connectivity index (χ1) is 24.9. The molecule has 0 amide bonds. The molecule has 4 aliphatic carbocycles. The average molecular weight is 849 g/mol. The maximum atomic E-state index is 3.65. The van der Waals surface area contributed by atoms with Gasteiger partial charge < -0.3 is 0 Å². The molecule has 0 aromatic heterocycles. The van der Waals surface area contributed by atoms with Gasteiger partial charge in [0.1, 0.15) is 0 Å². The van der Waals surface area contributed by atoms with E-state index in [-0.39, 0.29) is 41.1 Å². The third-order valence-corrected chi connectivity index (χ3v) is 10.6. The Labute approximate surface area is 362 Å². The van der Waals surface area contributed by atoms with Gasteiger partial charge in [0.2, 0.25) is 0 Å². The van der Waals surface area contributed by atoms with Gasteiger partial charge in [0.15, 0.2) is 0 Å². The van der Waals surface area contributed by atoms with E-state index in [1.807, 2.05) is 48.5 Å². The molecule has 0 saturated carbocycles. The van der Waals surface area contributed by atoms with E-state index in [1.54, 1.807) is 0 Å². The SMILES string of the molecule is CC(C)C1[C-]=CC(C(C)(C)C)=C1.CC1=[C-]C(C)(C)c2cc3c(cc21)-c1cc2c(cc1C3)C(C)(C)C=C2C.Cc1cc[c-]cc1.Cc1cc[c-]cc1.Cl.Cl.[CH2]=[Zr]. The molecule has 0 spiro atoms. The minimum absolute atomic E-state index is 0. The van der Waals surface area contributed by atoms with E-state index in [9.17, 15) is 0 Å². The monoisotopic (exact) mass is 846 g/mol. The quantitative estimate of drug-likeness (QED) is 0.147. The molecule has 4 aromatic rings. The summed E-state index contributed by atoms with van der Waals surface area (Å²) in [6.07, 6.45) is 15.0. The summed E-state index contributed by atoms with van der Waals surface area (Å²) in [6, 6.07) is 31.4. The van der Waals surface area contributed by atoms with Crippen molar-refractivity contribution in [1.29, 1.82) is 0 Å². The molecule has 0 saturated heterocycles. The summed E-state index contributed by atoms with van der Waals surface area (Å²) in [7, 11) is 0. The van der Waals surface area contributed by atoms with Crippen LogP contribution in [0.25, 0.3) is 22.3 Å². The first-order valence-electron chi connectivity index (χ1n) is 19.1. The third kappa shape index (κ3) is 11.9. The second kappa shape index (κ2) is 20.0. The van der Waals surface area contributed by atoms with Crippen molar-refractivity contribution in [3.63, 3.8) is 0 Å². The molecule has 0 fully saturated rings. The van der Waals surface area contributed by atoms with Gasteiger partial charge in [0.05, 0.1) is 0 Å². The summed E-state index contributed by atoms with van der Waals surface area (Å²) in [4.78, 5) is 0. The molecule has 0 N–H and O–H groups in total. The number of benzene rings is 4. The summed E-state index contributed by atoms with van der Waals surface area (Å²) < 4.78 is 3.34. The molecule has 8 rings (SSSR count). The van der Waals surface area contributed by atoms with Gasteiger partial charge in [-0.2, -0.15) is 89.0 Å². The Morgan fingerprint density at radius 2 is 1.18 bits per heavy atom. The van der Waals surface area contributed by atoms with Gasteiger partial charge in [-0.3, -0.25) is 12.2 Å². The van der Waals surface area contributed by atoms with Gasteiger partial charge in [-0.05, 0) is 58.4 Å². The van der Waals surface area contributed by atoms with Gasteiger partial charge in [-0.1, -0.05) is 124 Å². The predicted molar refractivity (Wildman–Crippen MR) is 242 cm³/mol. The first kappa shape index (κ1) is 48.3. The van der Waals surface area contributed by atoms with E-state index in [4.69, 9.17) is 0 Å². The van der Waals surface area contributed by atoms with Crippen LogP contribution in [0.3, 0.4) is 0 Å². The molecule has 4 aromatic carbocycles. The molecule has 292 valence electrons. The van der Waals surface area contributed by atoms with Crippen LogP contribution in [-0.4, -0.2) is 4.21 Å². The van der Waals surface area contributed by atoms with Gasteiger partial charge >= 0.3 is 28.4 Å². The number of hydrogen-bond acceptors (Lipinski definition) is 0. The Morgan fingerprint density at radius 1 is 0.709 bits per heavy atom. The number of aryl methyl sites for hydroxylation is 2. The van der Waals surface area contributed by atoms with Crippen LogP contribution in [0.1, 0.15) is 121 Å². The Bertz CT molecular complexity index is 1890. The Balaban J connectivity index is 0.000000291. The van der Waals surface area contributed by atoms with Crippen molar-refractivity contribution in [3.8, 4) is 11.1 Å². The maximum absolute atomic E-state index is 3.65. The van der Waals surface area contributed by atoms with Crippen molar-refractivity contribution >= 4 is 40.2 Å². The molecule has 0 nitrogen and oxygen atoms in total. The summed E-state index contributed by atoms with van der Waals surface area (Å²) in [5, 5.41) is 0. The van der Waals surface area contributed by atoms with Gasteiger partial charge in [-0.25, -0.2) is 11.6 Å². The summed E-state index contributed by atoms with van der Waals surface area (Å²) in [5.74, 6) is 1.22. The van der Waals surface area contributed by atoms with Crippen molar-refractivity contribution in [2.24, 2.45) is 17.3 Å². The zero-order chi connectivity index (χ0) is 39.3. The molecule has 3 heteroatoms. The fourth-order valence-corrected chi connectivity index (χ4v) is 7.54. The van der Waals surface area contributed by atoms with Crippen LogP contribution in [0.5, 0.6) is 0 Å². The third-order valence-electron chi connectivity index (χ3n) is 10.6. The number of allylic oxidation sites excluding steroid dienone is 8. The van der Waals surface area contributed by atoms with Crippen LogP contribution in [0.15, 0.2) is 96.6 Å². The number of fused-ring (bicyclic) bond motifs is 5. The van der Waals surface area contributed by atoms with Crippen LogP contribution in [0.2, 0.25) is 0 Å². The normalized spacial score (nSPS) is 16.7. The van der Waals surface area contributed by atoms with Crippen molar-refractivity contribution < 1.29 is 24.2 Å². The Morgan fingerprint density at radius 3 is 1.58 bits per heavy atom. The molecule has 0 aliphatic heterocycles. The molecule has 1 unspecified atom stereocenters.